The van der Waals surface area contributed by atoms with Gasteiger partial charge in [0.1, 0.15) is 5.75 Å². The first-order valence-corrected chi connectivity index (χ1v) is 4.83. The van der Waals surface area contributed by atoms with Gasteiger partial charge in [0.15, 0.2) is 0 Å². The Bertz CT molecular complexity index is 315. The molecule has 15 heavy (non-hydrogen) atoms. The second-order valence-corrected chi connectivity index (χ2v) is 3.36. The largest absolute Gasteiger partial charge is 0.507 e. The molecule has 3 N–H and O–H groups in total. The van der Waals surface area contributed by atoms with Crippen LogP contribution in [0.3, 0.4) is 0 Å². The van der Waals surface area contributed by atoms with E-state index in [0.717, 1.165) is 0 Å². The summed E-state index contributed by atoms with van der Waals surface area (Å²) in [4.78, 5) is 0. The fourth-order valence-electron chi connectivity index (χ4n) is 1.46. The normalized spacial score (nSPS) is 12.7. The van der Waals surface area contributed by atoms with Crippen molar-refractivity contribution in [1.29, 1.82) is 0 Å². The quantitative estimate of drug-likeness (QED) is 0.674. The maximum absolute atomic E-state index is 9.85. The third-order valence-electron chi connectivity index (χ3n) is 2.21. The summed E-state index contributed by atoms with van der Waals surface area (Å²) < 4.78 is 4.95. The Morgan fingerprint density at radius 2 is 2.20 bits per heavy atom. The van der Waals surface area contributed by atoms with Crippen molar-refractivity contribution in [3.8, 4) is 5.75 Å². The molecule has 0 bridgehead atoms. The predicted molar refractivity (Wildman–Crippen MR) is 57.7 cm³/mol. The Hall–Kier alpha value is -1.10. The van der Waals surface area contributed by atoms with Crippen molar-refractivity contribution in [2.75, 3.05) is 20.7 Å². The number of phenolic OH excluding ortho intramolecular Hbond substituents is 1. The highest BCUT2D eigenvalue weighted by Gasteiger charge is 2.13. The lowest BCUT2D eigenvalue weighted by Gasteiger charge is -2.14. The van der Waals surface area contributed by atoms with Gasteiger partial charge in [-0.1, -0.05) is 18.2 Å². The number of hydrogen-bond acceptors (Lipinski definition) is 4. The lowest BCUT2D eigenvalue weighted by molar-refractivity contribution is 0.168. The summed E-state index contributed by atoms with van der Waals surface area (Å²) in [5, 5.41) is 22.4. The monoisotopic (exact) mass is 211 g/mol. The molecular weight excluding hydrogens is 194 g/mol. The molecule has 0 aliphatic rings. The molecule has 4 heteroatoms. The number of likely N-dealkylation sites (N-methyl/N-ethyl adjacent to an activating group) is 1. The number of methoxy groups -OCH3 is 1. The Morgan fingerprint density at radius 1 is 1.47 bits per heavy atom. The van der Waals surface area contributed by atoms with Crippen LogP contribution in [0.1, 0.15) is 17.2 Å². The Morgan fingerprint density at radius 3 is 2.80 bits per heavy atom. The average Bonchev–Trinajstić information content (AvgIpc) is 2.22. The molecule has 84 valence electrons. The van der Waals surface area contributed by atoms with E-state index in [2.05, 4.69) is 5.32 Å². The number of aliphatic hydroxyl groups is 1. The number of hydrogen-bond donors (Lipinski definition) is 3. The van der Waals surface area contributed by atoms with Crippen LogP contribution in [0.5, 0.6) is 5.75 Å². The van der Waals surface area contributed by atoms with Crippen molar-refractivity contribution in [2.45, 2.75) is 12.7 Å². The summed E-state index contributed by atoms with van der Waals surface area (Å²) in [5.74, 6) is 0.113. The zero-order chi connectivity index (χ0) is 11.3. The lowest BCUT2D eigenvalue weighted by atomic mass is 10.0. The van der Waals surface area contributed by atoms with Gasteiger partial charge in [0.05, 0.1) is 12.7 Å². The molecule has 0 heterocycles. The minimum atomic E-state index is -0.702. The Kier molecular flexibility index (Phi) is 4.55. The van der Waals surface area contributed by atoms with Gasteiger partial charge < -0.3 is 20.3 Å². The van der Waals surface area contributed by atoms with Crippen LogP contribution < -0.4 is 5.32 Å². The van der Waals surface area contributed by atoms with Gasteiger partial charge in [-0.2, -0.15) is 0 Å². The van der Waals surface area contributed by atoms with Gasteiger partial charge >= 0.3 is 0 Å². The van der Waals surface area contributed by atoms with Crippen LogP contribution in [0.25, 0.3) is 0 Å². The van der Waals surface area contributed by atoms with Crippen molar-refractivity contribution < 1.29 is 14.9 Å². The molecule has 0 aliphatic heterocycles. The van der Waals surface area contributed by atoms with Crippen LogP contribution in [0, 0.1) is 0 Å². The standard InChI is InChI=1S/C11H17NO3/c1-12-6-10(13)9-5-3-4-8(7-15-2)11(9)14/h3-5,10,12-14H,6-7H2,1-2H3. The summed E-state index contributed by atoms with van der Waals surface area (Å²) in [5.41, 5.74) is 1.21. The van der Waals surface area contributed by atoms with Crippen molar-refractivity contribution in [3.05, 3.63) is 29.3 Å². The highest BCUT2D eigenvalue weighted by atomic mass is 16.5. The smallest absolute Gasteiger partial charge is 0.126 e. The number of rotatable bonds is 5. The van der Waals surface area contributed by atoms with Crippen LogP contribution in [-0.2, 0) is 11.3 Å². The number of para-hydroxylation sites is 1. The van der Waals surface area contributed by atoms with Gasteiger partial charge in [-0.05, 0) is 7.05 Å². The first-order valence-electron chi connectivity index (χ1n) is 4.83. The second-order valence-electron chi connectivity index (χ2n) is 3.36. The van der Waals surface area contributed by atoms with Crippen LogP contribution in [0.15, 0.2) is 18.2 Å². The van der Waals surface area contributed by atoms with E-state index in [1.807, 2.05) is 0 Å². The highest BCUT2D eigenvalue weighted by Crippen LogP contribution is 2.28. The predicted octanol–water partition coefficient (Wildman–Crippen LogP) is 0.791. The summed E-state index contributed by atoms with van der Waals surface area (Å²) in [6, 6.07) is 5.27. The van der Waals surface area contributed by atoms with Gasteiger partial charge in [-0.3, -0.25) is 0 Å². The molecule has 0 radical (unpaired) electrons. The molecule has 0 saturated heterocycles. The summed E-state index contributed by atoms with van der Waals surface area (Å²) in [6.07, 6.45) is -0.702. The van der Waals surface area contributed by atoms with Gasteiger partial charge in [0.2, 0.25) is 0 Å². The van der Waals surface area contributed by atoms with Crippen molar-refractivity contribution in [3.63, 3.8) is 0 Å². The average molecular weight is 211 g/mol. The van der Waals surface area contributed by atoms with Gasteiger partial charge in [0, 0.05) is 24.8 Å². The van der Waals surface area contributed by atoms with E-state index in [1.165, 1.54) is 0 Å². The highest BCUT2D eigenvalue weighted by molar-refractivity contribution is 5.41. The third kappa shape index (κ3) is 2.92. The molecule has 4 nitrogen and oxygen atoms in total. The molecule has 1 aromatic carbocycles. The first-order chi connectivity index (χ1) is 7.20. The maximum Gasteiger partial charge on any atom is 0.126 e. The van der Waals surface area contributed by atoms with E-state index in [-0.39, 0.29) is 5.75 Å². The molecule has 0 saturated carbocycles. The SMILES string of the molecule is CNCC(O)c1cccc(COC)c1O. The molecule has 1 aromatic rings. The van der Waals surface area contributed by atoms with Gasteiger partial charge in [-0.25, -0.2) is 0 Å². The maximum atomic E-state index is 9.85. The molecule has 1 unspecified atom stereocenters. The summed E-state index contributed by atoms with van der Waals surface area (Å²) in [6.45, 7) is 0.746. The zero-order valence-corrected chi connectivity index (χ0v) is 9.03. The molecule has 1 atom stereocenters. The number of benzene rings is 1. The third-order valence-corrected chi connectivity index (χ3v) is 2.21. The molecule has 1 rings (SSSR count). The summed E-state index contributed by atoms with van der Waals surface area (Å²) in [7, 11) is 3.31. The van der Waals surface area contributed by atoms with Crippen LogP contribution in [0.4, 0.5) is 0 Å². The molecule has 0 aromatic heterocycles. The van der Waals surface area contributed by atoms with E-state index < -0.39 is 6.10 Å². The lowest BCUT2D eigenvalue weighted by Crippen LogP contribution is -2.17. The molecule has 0 fully saturated rings. The van der Waals surface area contributed by atoms with E-state index in [4.69, 9.17) is 4.74 Å². The van der Waals surface area contributed by atoms with E-state index >= 15 is 0 Å². The van der Waals surface area contributed by atoms with Gasteiger partial charge in [-0.15, -0.1) is 0 Å². The molecular formula is C11H17NO3. The fraction of sp³-hybridized carbons (Fsp3) is 0.455. The molecule has 0 amide bonds. The van der Waals surface area contributed by atoms with Crippen LogP contribution >= 0.6 is 0 Å². The molecule has 0 spiro atoms. The van der Waals surface area contributed by atoms with Gasteiger partial charge in [0.25, 0.3) is 0 Å². The summed E-state index contributed by atoms with van der Waals surface area (Å²) >= 11 is 0. The topological polar surface area (TPSA) is 61.7 Å². The van der Waals surface area contributed by atoms with Crippen molar-refractivity contribution >= 4 is 0 Å². The Balaban J connectivity index is 2.92. The minimum Gasteiger partial charge on any atom is -0.507 e. The fourth-order valence-corrected chi connectivity index (χ4v) is 1.46. The first kappa shape index (κ1) is 12.0. The zero-order valence-electron chi connectivity index (χ0n) is 9.03. The van der Waals surface area contributed by atoms with Crippen LogP contribution in [0.2, 0.25) is 0 Å². The minimum absolute atomic E-state index is 0.113. The number of aromatic hydroxyl groups is 1. The number of phenols is 1. The van der Waals surface area contributed by atoms with E-state index in [1.54, 1.807) is 32.4 Å². The number of ether oxygens (including phenoxy) is 1. The van der Waals surface area contributed by atoms with E-state index in [0.29, 0.717) is 24.3 Å². The number of nitrogens with one attached hydrogen (secondary N) is 1. The van der Waals surface area contributed by atoms with E-state index in [9.17, 15) is 10.2 Å². The number of aliphatic hydroxyl groups excluding tert-OH is 1. The Labute approximate surface area is 89.5 Å². The molecule has 0 aliphatic carbocycles. The van der Waals surface area contributed by atoms with Crippen LogP contribution in [-0.4, -0.2) is 30.9 Å². The van der Waals surface area contributed by atoms with Crippen molar-refractivity contribution in [1.82, 2.24) is 5.32 Å². The second kappa shape index (κ2) is 5.70. The van der Waals surface area contributed by atoms with Crippen molar-refractivity contribution in [2.24, 2.45) is 0 Å².